The summed E-state index contributed by atoms with van der Waals surface area (Å²) in [6.45, 7) is 2.33. The Morgan fingerprint density at radius 2 is 1.96 bits per heavy atom. The van der Waals surface area contributed by atoms with Crippen molar-refractivity contribution in [3.8, 4) is 5.75 Å². The summed E-state index contributed by atoms with van der Waals surface area (Å²) in [5, 5.41) is 5.57. The van der Waals surface area contributed by atoms with E-state index >= 15 is 0 Å². The van der Waals surface area contributed by atoms with E-state index < -0.39 is 17.7 Å². The lowest BCUT2D eigenvalue weighted by Crippen LogP contribution is -2.20. The Labute approximate surface area is 147 Å². The first-order chi connectivity index (χ1) is 12.6. The van der Waals surface area contributed by atoms with Gasteiger partial charge in [-0.3, -0.25) is 19.7 Å². The van der Waals surface area contributed by atoms with Crippen LogP contribution in [-0.4, -0.2) is 24.3 Å². The SMILES string of the molecule is CCOc1cccc2cc(C(=O)Nc3cccc4c3C(=O)NC4=O)oc12. The van der Waals surface area contributed by atoms with Crippen molar-refractivity contribution in [1.82, 2.24) is 5.32 Å². The lowest BCUT2D eigenvalue weighted by Gasteiger charge is -2.06. The number of nitrogens with one attached hydrogen (secondary N) is 2. The van der Waals surface area contributed by atoms with Crippen LogP contribution >= 0.6 is 0 Å². The van der Waals surface area contributed by atoms with Crippen molar-refractivity contribution in [3.05, 3.63) is 59.4 Å². The molecule has 0 aliphatic carbocycles. The smallest absolute Gasteiger partial charge is 0.291 e. The number of amides is 3. The normalized spacial score (nSPS) is 12.8. The lowest BCUT2D eigenvalue weighted by atomic mass is 10.1. The third-order valence-corrected chi connectivity index (χ3v) is 4.04. The Hall–Kier alpha value is -3.61. The standard InChI is InChI=1S/C19H14N2O5/c1-2-25-13-8-3-5-10-9-14(26-16(10)13)18(23)20-12-7-4-6-11-15(12)19(24)21-17(11)22/h3-9H,2H2,1H3,(H,20,23)(H,21,22,24). The number of para-hydroxylation sites is 1. The van der Waals surface area contributed by atoms with Crippen LogP contribution in [0.1, 0.15) is 38.2 Å². The van der Waals surface area contributed by atoms with Gasteiger partial charge in [-0.15, -0.1) is 0 Å². The molecule has 2 aromatic carbocycles. The summed E-state index contributed by atoms with van der Waals surface area (Å²) in [5.41, 5.74) is 1.11. The molecule has 2 heterocycles. The fourth-order valence-corrected chi connectivity index (χ4v) is 2.92. The number of carbonyl (C=O) groups is 3. The third-order valence-electron chi connectivity index (χ3n) is 4.04. The molecule has 3 aromatic rings. The van der Waals surface area contributed by atoms with Crippen LogP contribution in [0.4, 0.5) is 5.69 Å². The summed E-state index contributed by atoms with van der Waals surface area (Å²) in [7, 11) is 0. The van der Waals surface area contributed by atoms with Gasteiger partial charge < -0.3 is 14.5 Å². The van der Waals surface area contributed by atoms with E-state index in [1.807, 2.05) is 19.1 Å². The van der Waals surface area contributed by atoms with Crippen LogP contribution in [0.3, 0.4) is 0 Å². The molecule has 1 aliphatic rings. The van der Waals surface area contributed by atoms with Crippen molar-refractivity contribution in [2.75, 3.05) is 11.9 Å². The van der Waals surface area contributed by atoms with Crippen molar-refractivity contribution in [2.24, 2.45) is 0 Å². The van der Waals surface area contributed by atoms with E-state index in [0.29, 0.717) is 17.9 Å². The zero-order chi connectivity index (χ0) is 18.3. The number of fused-ring (bicyclic) bond motifs is 2. The molecule has 1 aliphatic heterocycles. The van der Waals surface area contributed by atoms with E-state index in [2.05, 4.69) is 10.6 Å². The monoisotopic (exact) mass is 350 g/mol. The minimum absolute atomic E-state index is 0.0782. The molecule has 0 saturated carbocycles. The van der Waals surface area contributed by atoms with Crippen molar-refractivity contribution < 1.29 is 23.5 Å². The van der Waals surface area contributed by atoms with Crippen LogP contribution in [0, 0.1) is 0 Å². The van der Waals surface area contributed by atoms with Crippen molar-refractivity contribution in [1.29, 1.82) is 0 Å². The number of anilines is 1. The molecule has 7 heteroatoms. The van der Waals surface area contributed by atoms with Gasteiger partial charge in [0.25, 0.3) is 17.7 Å². The van der Waals surface area contributed by atoms with Crippen LogP contribution in [0.15, 0.2) is 46.9 Å². The van der Waals surface area contributed by atoms with Gasteiger partial charge in [0.1, 0.15) is 0 Å². The quantitative estimate of drug-likeness (QED) is 0.705. The maximum Gasteiger partial charge on any atom is 0.291 e. The molecule has 0 radical (unpaired) electrons. The van der Waals surface area contributed by atoms with Crippen molar-refractivity contribution in [3.63, 3.8) is 0 Å². The second-order valence-electron chi connectivity index (χ2n) is 5.68. The molecular weight excluding hydrogens is 336 g/mol. The number of furan rings is 1. The number of benzene rings is 2. The molecule has 4 rings (SSSR count). The molecular formula is C19H14N2O5. The first-order valence-electron chi connectivity index (χ1n) is 8.04. The average molecular weight is 350 g/mol. The van der Waals surface area contributed by atoms with Gasteiger partial charge >= 0.3 is 0 Å². The molecule has 0 bridgehead atoms. The predicted octanol–water partition coefficient (Wildman–Crippen LogP) is 2.97. The molecule has 2 N–H and O–H groups in total. The fraction of sp³-hybridized carbons (Fsp3) is 0.105. The molecule has 130 valence electrons. The minimum Gasteiger partial charge on any atom is -0.490 e. The third kappa shape index (κ3) is 2.50. The molecule has 3 amide bonds. The van der Waals surface area contributed by atoms with Crippen LogP contribution in [-0.2, 0) is 0 Å². The molecule has 0 saturated heterocycles. The summed E-state index contributed by atoms with van der Waals surface area (Å²) in [6, 6.07) is 11.7. The first-order valence-corrected chi connectivity index (χ1v) is 8.04. The summed E-state index contributed by atoms with van der Waals surface area (Å²) < 4.78 is 11.1. The fourth-order valence-electron chi connectivity index (χ4n) is 2.92. The zero-order valence-corrected chi connectivity index (χ0v) is 13.8. The average Bonchev–Trinajstić information content (AvgIpc) is 3.18. The van der Waals surface area contributed by atoms with Gasteiger partial charge in [0.05, 0.1) is 23.4 Å². The summed E-state index contributed by atoms with van der Waals surface area (Å²) >= 11 is 0. The highest BCUT2D eigenvalue weighted by Crippen LogP contribution is 2.30. The Balaban J connectivity index is 1.68. The molecule has 0 atom stereocenters. The molecule has 26 heavy (non-hydrogen) atoms. The van der Waals surface area contributed by atoms with E-state index in [1.54, 1.807) is 24.3 Å². The number of carbonyl (C=O) groups excluding carboxylic acids is 3. The molecule has 0 unspecified atom stereocenters. The second kappa shape index (κ2) is 6.03. The number of imide groups is 1. The molecule has 7 nitrogen and oxygen atoms in total. The van der Waals surface area contributed by atoms with E-state index in [4.69, 9.17) is 9.15 Å². The Kier molecular flexibility index (Phi) is 3.69. The Bertz CT molecular complexity index is 1070. The summed E-state index contributed by atoms with van der Waals surface area (Å²) in [4.78, 5) is 36.3. The number of ether oxygens (including phenoxy) is 1. The molecule has 0 fully saturated rings. The topological polar surface area (TPSA) is 97.6 Å². The predicted molar refractivity (Wildman–Crippen MR) is 93.6 cm³/mol. The van der Waals surface area contributed by atoms with Gasteiger partial charge in [-0.2, -0.15) is 0 Å². The van der Waals surface area contributed by atoms with E-state index in [0.717, 1.165) is 5.39 Å². The number of hydrogen-bond donors (Lipinski definition) is 2. The van der Waals surface area contributed by atoms with Crippen LogP contribution in [0.5, 0.6) is 5.75 Å². The lowest BCUT2D eigenvalue weighted by molar-refractivity contribution is 0.0879. The summed E-state index contributed by atoms with van der Waals surface area (Å²) in [5.74, 6) is -0.913. The highest BCUT2D eigenvalue weighted by Gasteiger charge is 2.30. The van der Waals surface area contributed by atoms with E-state index in [-0.39, 0.29) is 22.6 Å². The van der Waals surface area contributed by atoms with Gasteiger partial charge in [0.2, 0.25) is 0 Å². The Morgan fingerprint density at radius 1 is 1.15 bits per heavy atom. The van der Waals surface area contributed by atoms with Gasteiger partial charge in [0.15, 0.2) is 17.1 Å². The van der Waals surface area contributed by atoms with Crippen LogP contribution < -0.4 is 15.4 Å². The van der Waals surface area contributed by atoms with Gasteiger partial charge in [0, 0.05) is 5.39 Å². The largest absolute Gasteiger partial charge is 0.490 e. The molecule has 1 aromatic heterocycles. The van der Waals surface area contributed by atoms with Crippen molar-refractivity contribution >= 4 is 34.4 Å². The highest BCUT2D eigenvalue weighted by molar-refractivity contribution is 6.25. The zero-order valence-electron chi connectivity index (χ0n) is 13.8. The highest BCUT2D eigenvalue weighted by atomic mass is 16.5. The van der Waals surface area contributed by atoms with Gasteiger partial charge in [-0.1, -0.05) is 18.2 Å². The van der Waals surface area contributed by atoms with Gasteiger partial charge in [-0.05, 0) is 31.2 Å². The minimum atomic E-state index is -0.538. The van der Waals surface area contributed by atoms with Crippen molar-refractivity contribution in [2.45, 2.75) is 6.92 Å². The second-order valence-corrected chi connectivity index (χ2v) is 5.68. The van der Waals surface area contributed by atoms with Crippen LogP contribution in [0.2, 0.25) is 0 Å². The van der Waals surface area contributed by atoms with E-state index in [9.17, 15) is 14.4 Å². The Morgan fingerprint density at radius 3 is 2.77 bits per heavy atom. The maximum absolute atomic E-state index is 12.6. The first kappa shape index (κ1) is 15.9. The van der Waals surface area contributed by atoms with Gasteiger partial charge in [-0.25, -0.2) is 0 Å². The summed E-state index contributed by atoms with van der Waals surface area (Å²) in [6.07, 6.45) is 0. The molecule has 0 spiro atoms. The maximum atomic E-state index is 12.6. The van der Waals surface area contributed by atoms with E-state index in [1.165, 1.54) is 6.07 Å². The number of rotatable bonds is 4. The van der Waals surface area contributed by atoms with Crippen LogP contribution in [0.25, 0.3) is 11.0 Å². The number of hydrogen-bond acceptors (Lipinski definition) is 5.